The lowest BCUT2D eigenvalue weighted by Crippen LogP contribution is -2.36. The van der Waals surface area contributed by atoms with Gasteiger partial charge in [-0.05, 0) is 31.7 Å². The van der Waals surface area contributed by atoms with Crippen LogP contribution in [0.1, 0.15) is 36.0 Å². The summed E-state index contributed by atoms with van der Waals surface area (Å²) < 4.78 is 29.1. The van der Waals surface area contributed by atoms with Gasteiger partial charge in [-0.15, -0.1) is 0 Å². The van der Waals surface area contributed by atoms with Crippen molar-refractivity contribution in [2.24, 2.45) is 5.92 Å². The Labute approximate surface area is 118 Å². The molecule has 2 saturated heterocycles. The van der Waals surface area contributed by atoms with Gasteiger partial charge in [0, 0.05) is 23.7 Å². The number of methoxy groups -OCH3 is 1. The van der Waals surface area contributed by atoms with Crippen LogP contribution in [-0.2, 0) is 9.84 Å². The quantitative estimate of drug-likeness (QED) is 0.792. The second kappa shape index (κ2) is 4.84. The van der Waals surface area contributed by atoms with E-state index in [1.165, 1.54) is 7.11 Å². The highest BCUT2D eigenvalue weighted by molar-refractivity contribution is 7.93. The minimum absolute atomic E-state index is 0.0116. The van der Waals surface area contributed by atoms with Crippen LogP contribution in [0.4, 0.5) is 0 Å². The third kappa shape index (κ3) is 2.12. The van der Waals surface area contributed by atoms with Gasteiger partial charge in [-0.2, -0.15) is 0 Å². The van der Waals surface area contributed by atoms with E-state index in [1.807, 2.05) is 0 Å². The molecule has 2 aliphatic heterocycles. The van der Waals surface area contributed by atoms with Gasteiger partial charge in [0.05, 0.1) is 17.6 Å². The Morgan fingerprint density at radius 3 is 2.55 bits per heavy atom. The molecule has 20 heavy (non-hydrogen) atoms. The Bertz CT molecular complexity index is 620. The molecule has 0 spiro atoms. The summed E-state index contributed by atoms with van der Waals surface area (Å²) in [6, 6.07) is 3.28. The van der Waals surface area contributed by atoms with Crippen LogP contribution in [0.3, 0.4) is 0 Å². The van der Waals surface area contributed by atoms with Gasteiger partial charge in [0.1, 0.15) is 0 Å². The lowest BCUT2D eigenvalue weighted by Gasteiger charge is -2.26. The van der Waals surface area contributed by atoms with Gasteiger partial charge < -0.3 is 4.74 Å². The smallest absolute Gasteiger partial charge is 0.213 e. The number of carbonyl (C=O) groups is 1. The number of ether oxygens (including phenoxy) is 1. The van der Waals surface area contributed by atoms with Crippen molar-refractivity contribution >= 4 is 15.6 Å². The Kier molecular flexibility index (Phi) is 3.28. The highest BCUT2D eigenvalue weighted by Gasteiger charge is 2.48. The largest absolute Gasteiger partial charge is 0.481 e. The Balaban J connectivity index is 1.82. The van der Waals surface area contributed by atoms with Crippen molar-refractivity contribution in [2.75, 3.05) is 7.11 Å². The van der Waals surface area contributed by atoms with Gasteiger partial charge in [0.25, 0.3) is 0 Å². The molecular weight excluding hydrogens is 278 g/mol. The summed E-state index contributed by atoms with van der Waals surface area (Å²) in [6.07, 6.45) is 3.87. The van der Waals surface area contributed by atoms with E-state index in [1.54, 1.807) is 18.3 Å². The molecular formula is C14H17NO4S. The van der Waals surface area contributed by atoms with Crippen LogP contribution < -0.4 is 4.74 Å². The molecule has 6 heteroatoms. The molecule has 0 amide bonds. The number of nitrogens with zero attached hydrogens (tertiary/aromatic N) is 1. The molecule has 0 saturated carbocycles. The SMILES string of the molecule is COc1cc(C(=O)C2CC3CCC(C2)S3(=O)=O)ccn1. The van der Waals surface area contributed by atoms with Gasteiger partial charge in [-0.1, -0.05) is 0 Å². The highest BCUT2D eigenvalue weighted by atomic mass is 32.2. The molecule has 0 N–H and O–H groups in total. The topological polar surface area (TPSA) is 73.3 Å². The first-order valence-corrected chi connectivity index (χ1v) is 8.40. The van der Waals surface area contributed by atoms with E-state index >= 15 is 0 Å². The Morgan fingerprint density at radius 1 is 1.30 bits per heavy atom. The number of Topliss-reactive ketones (excluding diaryl/α,β-unsaturated/α-hetero) is 1. The molecule has 3 rings (SSSR count). The van der Waals surface area contributed by atoms with Gasteiger partial charge >= 0.3 is 0 Å². The number of sulfone groups is 1. The molecule has 2 bridgehead atoms. The van der Waals surface area contributed by atoms with Crippen LogP contribution in [-0.4, -0.2) is 36.8 Å². The van der Waals surface area contributed by atoms with Crippen LogP contribution in [0.5, 0.6) is 5.88 Å². The van der Waals surface area contributed by atoms with Crippen molar-refractivity contribution in [3.05, 3.63) is 23.9 Å². The van der Waals surface area contributed by atoms with Crippen LogP contribution in [0.25, 0.3) is 0 Å². The van der Waals surface area contributed by atoms with E-state index < -0.39 is 9.84 Å². The molecule has 108 valence electrons. The van der Waals surface area contributed by atoms with Crippen molar-refractivity contribution in [3.8, 4) is 5.88 Å². The first-order chi connectivity index (χ1) is 9.52. The summed E-state index contributed by atoms with van der Waals surface area (Å²) in [5.41, 5.74) is 0.556. The van der Waals surface area contributed by atoms with Crippen LogP contribution in [0.2, 0.25) is 0 Å². The molecule has 2 unspecified atom stereocenters. The molecule has 2 atom stereocenters. The molecule has 2 fully saturated rings. The van der Waals surface area contributed by atoms with E-state index in [0.717, 1.165) is 0 Å². The fraction of sp³-hybridized carbons (Fsp3) is 0.571. The monoisotopic (exact) mass is 295 g/mol. The van der Waals surface area contributed by atoms with Crippen molar-refractivity contribution in [1.82, 2.24) is 4.98 Å². The summed E-state index contributed by atoms with van der Waals surface area (Å²) in [5, 5.41) is -0.641. The van der Waals surface area contributed by atoms with E-state index in [-0.39, 0.29) is 22.2 Å². The number of rotatable bonds is 3. The van der Waals surface area contributed by atoms with Crippen LogP contribution in [0, 0.1) is 5.92 Å². The standard InChI is InChI=1S/C14H17NO4S/c1-19-13-8-9(4-5-15-13)14(16)10-6-11-2-3-12(7-10)20(11,17)18/h4-5,8,10-12H,2-3,6-7H2,1H3. The zero-order valence-electron chi connectivity index (χ0n) is 11.3. The maximum absolute atomic E-state index is 12.5. The number of hydrogen-bond acceptors (Lipinski definition) is 5. The third-order valence-electron chi connectivity index (χ3n) is 4.43. The van der Waals surface area contributed by atoms with E-state index in [0.29, 0.717) is 37.1 Å². The molecule has 0 radical (unpaired) electrons. The number of pyridine rings is 1. The molecule has 1 aromatic heterocycles. The maximum Gasteiger partial charge on any atom is 0.213 e. The first kappa shape index (κ1) is 13.5. The average molecular weight is 295 g/mol. The predicted octanol–water partition coefficient (Wildman–Crippen LogP) is 1.63. The summed E-state index contributed by atoms with van der Waals surface area (Å²) in [5.74, 6) is 0.225. The van der Waals surface area contributed by atoms with E-state index in [4.69, 9.17) is 4.74 Å². The summed E-state index contributed by atoms with van der Waals surface area (Å²) in [6.45, 7) is 0. The van der Waals surface area contributed by atoms with Crippen LogP contribution >= 0.6 is 0 Å². The molecule has 3 heterocycles. The molecule has 0 aliphatic carbocycles. The Hall–Kier alpha value is -1.43. The molecule has 1 aromatic rings. The van der Waals surface area contributed by atoms with Gasteiger partial charge in [-0.25, -0.2) is 13.4 Å². The van der Waals surface area contributed by atoms with E-state index in [9.17, 15) is 13.2 Å². The third-order valence-corrected chi connectivity index (χ3v) is 7.15. The average Bonchev–Trinajstić information content (AvgIpc) is 2.66. The first-order valence-electron chi connectivity index (χ1n) is 6.79. The fourth-order valence-electron chi connectivity index (χ4n) is 3.33. The number of ketones is 1. The predicted molar refractivity (Wildman–Crippen MR) is 73.6 cm³/mol. The number of aromatic nitrogens is 1. The molecule has 5 nitrogen and oxygen atoms in total. The van der Waals surface area contributed by atoms with Crippen molar-refractivity contribution in [3.63, 3.8) is 0 Å². The van der Waals surface area contributed by atoms with E-state index in [2.05, 4.69) is 4.98 Å². The zero-order valence-corrected chi connectivity index (χ0v) is 12.1. The Morgan fingerprint density at radius 2 is 1.95 bits per heavy atom. The number of fused-ring (bicyclic) bond motifs is 2. The summed E-state index contributed by atoms with van der Waals surface area (Å²) >= 11 is 0. The van der Waals surface area contributed by atoms with Gasteiger partial charge in [0.2, 0.25) is 5.88 Å². The van der Waals surface area contributed by atoms with Gasteiger partial charge in [-0.3, -0.25) is 4.79 Å². The summed E-state index contributed by atoms with van der Waals surface area (Å²) in [4.78, 5) is 16.5. The van der Waals surface area contributed by atoms with Crippen LogP contribution in [0.15, 0.2) is 18.3 Å². The maximum atomic E-state index is 12.5. The minimum Gasteiger partial charge on any atom is -0.481 e. The van der Waals surface area contributed by atoms with Crippen molar-refractivity contribution in [1.29, 1.82) is 0 Å². The fourth-order valence-corrected chi connectivity index (χ4v) is 5.81. The lowest BCUT2D eigenvalue weighted by molar-refractivity contribution is 0.0905. The number of hydrogen-bond donors (Lipinski definition) is 0. The lowest BCUT2D eigenvalue weighted by atomic mass is 9.91. The number of carbonyl (C=O) groups excluding carboxylic acids is 1. The summed E-state index contributed by atoms with van der Waals surface area (Å²) in [7, 11) is -1.48. The second-order valence-corrected chi connectivity index (χ2v) is 8.04. The minimum atomic E-state index is -2.98. The second-order valence-electron chi connectivity index (χ2n) is 5.53. The van der Waals surface area contributed by atoms with Gasteiger partial charge in [0.15, 0.2) is 15.6 Å². The zero-order chi connectivity index (χ0) is 14.3. The van der Waals surface area contributed by atoms with Crippen molar-refractivity contribution < 1.29 is 17.9 Å². The molecule has 0 aromatic carbocycles. The van der Waals surface area contributed by atoms with Crippen molar-refractivity contribution in [2.45, 2.75) is 36.2 Å². The highest BCUT2D eigenvalue weighted by Crippen LogP contribution is 2.42. The normalized spacial score (nSPS) is 30.9. The molecule has 2 aliphatic rings.